The van der Waals surface area contributed by atoms with Gasteiger partial charge in [-0.2, -0.15) is 0 Å². The number of benzene rings is 2. The monoisotopic (exact) mass is 476 g/mol. The fourth-order valence-electron chi connectivity index (χ4n) is 2.27. The van der Waals surface area contributed by atoms with Crippen LogP contribution in [0.2, 0.25) is 0 Å². The molecule has 0 bridgehead atoms. The zero-order valence-corrected chi connectivity index (χ0v) is 17.8. The van der Waals surface area contributed by atoms with Crippen molar-refractivity contribution in [3.05, 3.63) is 114 Å². The summed E-state index contributed by atoms with van der Waals surface area (Å²) >= 11 is -0.312. The number of hydrogen-bond donors (Lipinski definition) is 0. The molecule has 0 fully saturated rings. The van der Waals surface area contributed by atoms with Gasteiger partial charge < -0.3 is 11.5 Å². The molecule has 2 aromatic carbocycles. The molecule has 2 aliphatic carbocycles. The summed E-state index contributed by atoms with van der Waals surface area (Å²) in [5.41, 5.74) is 13.0. The molecule has 0 spiro atoms. The summed E-state index contributed by atoms with van der Waals surface area (Å²) in [6.45, 7) is 0. The first-order chi connectivity index (χ1) is 13.8. The number of nitrogens with one attached hydrogen (secondary N) is 2. The molecule has 148 valence electrons. The van der Waals surface area contributed by atoms with E-state index in [1.807, 2.05) is 0 Å². The molecule has 2 aliphatic rings. The van der Waals surface area contributed by atoms with Crippen molar-refractivity contribution in [1.29, 1.82) is 0 Å². The van der Waals surface area contributed by atoms with Gasteiger partial charge in [-0.25, -0.2) is 17.6 Å². The van der Waals surface area contributed by atoms with Crippen molar-refractivity contribution in [3.63, 3.8) is 0 Å². The Kier molecular flexibility index (Phi) is 9.13. The molecule has 0 aromatic heterocycles. The molecule has 0 amide bonds. The van der Waals surface area contributed by atoms with Crippen molar-refractivity contribution in [3.8, 4) is 0 Å². The van der Waals surface area contributed by atoms with Crippen LogP contribution in [0, 0.1) is 23.3 Å². The fourth-order valence-corrected chi connectivity index (χ4v) is 5.24. The summed E-state index contributed by atoms with van der Waals surface area (Å²) < 4.78 is 51.8. The van der Waals surface area contributed by atoms with Gasteiger partial charge in [0.1, 0.15) is 23.3 Å². The van der Waals surface area contributed by atoms with Gasteiger partial charge in [-0.3, -0.25) is 0 Å². The maximum absolute atomic E-state index is 12.2. The molecule has 0 atom stereocenters. The van der Waals surface area contributed by atoms with E-state index in [4.69, 9.17) is 11.5 Å². The van der Waals surface area contributed by atoms with Gasteiger partial charge in [-0.15, -0.1) is 11.4 Å². The van der Waals surface area contributed by atoms with Crippen LogP contribution in [0.4, 0.5) is 28.9 Å². The van der Waals surface area contributed by atoms with E-state index in [1.165, 1.54) is 12.8 Å². The van der Waals surface area contributed by atoms with E-state index in [9.17, 15) is 17.6 Å². The summed E-state index contributed by atoms with van der Waals surface area (Å²) in [6.07, 6.45) is 16.0. The Morgan fingerprint density at radius 2 is 1.07 bits per heavy atom. The number of hydrogen-bond acceptors (Lipinski definition) is 0. The van der Waals surface area contributed by atoms with Crippen LogP contribution in [-0.2, 0) is 23.2 Å². The summed E-state index contributed by atoms with van der Waals surface area (Å²) in [7, 11) is 0. The Hall–Kier alpha value is -2.40. The predicted octanol–water partition coefficient (Wildman–Crippen LogP) is 8.05. The molecule has 0 heterocycles. The summed E-state index contributed by atoms with van der Waals surface area (Å²) in [6, 6.07) is 5.61. The van der Waals surface area contributed by atoms with Crippen molar-refractivity contribution in [2.75, 3.05) is 0 Å². The van der Waals surface area contributed by atoms with Crippen molar-refractivity contribution in [2.45, 2.75) is 12.8 Å². The first-order valence-electron chi connectivity index (χ1n) is 8.67. The molecule has 2 nitrogen and oxygen atoms in total. The molecule has 7 heteroatoms. The van der Waals surface area contributed by atoms with Gasteiger partial charge in [-0.05, 0) is 12.1 Å². The van der Waals surface area contributed by atoms with Crippen LogP contribution in [0.3, 0.4) is 0 Å². The Labute approximate surface area is 178 Å². The molecule has 0 aliphatic heterocycles. The van der Waals surface area contributed by atoms with E-state index in [0.29, 0.717) is 12.1 Å². The maximum Gasteiger partial charge on any atom is 0.126 e. The molecule has 2 aromatic rings. The minimum absolute atomic E-state index is 0.281. The zero-order valence-electron chi connectivity index (χ0n) is 15.4. The van der Waals surface area contributed by atoms with Crippen LogP contribution in [0.5, 0.6) is 0 Å². The Morgan fingerprint density at radius 3 is 1.34 bits per heavy atom. The van der Waals surface area contributed by atoms with Crippen LogP contribution in [0.25, 0.3) is 11.5 Å². The van der Waals surface area contributed by atoms with Crippen molar-refractivity contribution in [2.24, 2.45) is 0 Å². The van der Waals surface area contributed by atoms with Gasteiger partial charge in [0.15, 0.2) is 0 Å². The third-order valence-electron chi connectivity index (χ3n) is 3.73. The smallest absolute Gasteiger partial charge is 0.126 e. The van der Waals surface area contributed by atoms with Crippen molar-refractivity contribution < 1.29 is 40.8 Å². The van der Waals surface area contributed by atoms with E-state index in [1.54, 1.807) is 6.56 Å². The summed E-state index contributed by atoms with van der Waals surface area (Å²) in [5.74, 6) is -2.95. The van der Waals surface area contributed by atoms with Gasteiger partial charge in [0.2, 0.25) is 0 Å². The Bertz CT molecular complexity index is 888. The van der Waals surface area contributed by atoms with E-state index >= 15 is 0 Å². The first-order valence-corrected chi connectivity index (χ1v) is 11.1. The van der Waals surface area contributed by atoms with Gasteiger partial charge in [-0.1, -0.05) is 12.1 Å². The molecule has 0 radical (unpaired) electrons. The quantitative estimate of drug-likeness (QED) is 0.393. The standard InChI is InChI=1S/2C6H4F2N.2C5H5.Zr/c2*7-4-1-2-6(9)5(8)3-4;2*1-2-4-5-3-1;/h2*1-3,9H;2*1-3H,4H2;/q2*-1;;;+2. The van der Waals surface area contributed by atoms with Crippen LogP contribution in [0.1, 0.15) is 12.8 Å². The van der Waals surface area contributed by atoms with Gasteiger partial charge in [0, 0.05) is 12.1 Å². The third kappa shape index (κ3) is 8.24. The maximum atomic E-state index is 12.2. The van der Waals surface area contributed by atoms with Crippen LogP contribution in [-0.4, -0.2) is 0 Å². The average molecular weight is 478 g/mol. The Morgan fingerprint density at radius 1 is 0.655 bits per heavy atom. The number of halogens is 4. The van der Waals surface area contributed by atoms with E-state index in [2.05, 4.69) is 36.5 Å². The third-order valence-corrected chi connectivity index (χ3v) is 7.13. The molecule has 0 saturated heterocycles. The topological polar surface area (TPSA) is 47.6 Å². The SMILES string of the molecule is C1=CC[C]([Zr+2][C]2=CC=CC2)=C1.[NH-]c1ccc(F)cc1F.[NH-]c1ccc(F)cc1F. The van der Waals surface area contributed by atoms with Gasteiger partial charge in [0.25, 0.3) is 0 Å². The molecular weight excluding hydrogens is 459 g/mol. The molecule has 4 rings (SSSR count). The predicted molar refractivity (Wildman–Crippen MR) is 104 cm³/mol. The van der Waals surface area contributed by atoms with Gasteiger partial charge in [0.05, 0.1) is 0 Å². The van der Waals surface area contributed by atoms with Gasteiger partial charge >= 0.3 is 79.1 Å². The number of rotatable bonds is 2. The zero-order chi connectivity index (χ0) is 21.2. The van der Waals surface area contributed by atoms with E-state index in [-0.39, 0.29) is 34.6 Å². The van der Waals surface area contributed by atoms with Crippen LogP contribution >= 0.6 is 0 Å². The fraction of sp³-hybridized carbons (Fsp3) is 0.0909. The van der Waals surface area contributed by atoms with Crippen LogP contribution < -0.4 is 0 Å². The minimum atomic E-state index is -0.824. The largest absolute Gasteiger partial charge is 0.696 e. The van der Waals surface area contributed by atoms with E-state index in [0.717, 1.165) is 24.3 Å². The van der Waals surface area contributed by atoms with Crippen LogP contribution in [0.15, 0.2) is 79.4 Å². The summed E-state index contributed by atoms with van der Waals surface area (Å²) in [5, 5.41) is 0. The first kappa shape index (κ1) is 22.9. The summed E-state index contributed by atoms with van der Waals surface area (Å²) in [4.78, 5) is 0. The normalized spacial score (nSPS) is 13.5. The molecule has 2 N–H and O–H groups in total. The molecule has 29 heavy (non-hydrogen) atoms. The van der Waals surface area contributed by atoms with Crippen molar-refractivity contribution in [1.82, 2.24) is 0 Å². The Balaban J connectivity index is 0.000000157. The molecular formula is C22H18F4N2Zr. The second kappa shape index (κ2) is 11.6. The molecule has 0 saturated carbocycles. The van der Waals surface area contributed by atoms with E-state index < -0.39 is 23.3 Å². The number of allylic oxidation sites excluding steroid dienone is 8. The second-order valence-electron chi connectivity index (χ2n) is 6.02. The van der Waals surface area contributed by atoms with Crippen molar-refractivity contribution >= 4 is 11.4 Å². The molecule has 0 unspecified atom stereocenters. The second-order valence-corrected chi connectivity index (χ2v) is 9.79. The average Bonchev–Trinajstić information content (AvgIpc) is 3.38. The minimum Gasteiger partial charge on any atom is -0.696 e.